The second kappa shape index (κ2) is 10.1. The Morgan fingerprint density at radius 1 is 1.11 bits per heavy atom. The Hall–Kier alpha value is -2.40. The van der Waals surface area contributed by atoms with Crippen molar-refractivity contribution in [3.63, 3.8) is 0 Å². The zero-order valence-corrected chi connectivity index (χ0v) is 17.0. The highest BCUT2D eigenvalue weighted by molar-refractivity contribution is 6.32. The molecule has 6 heteroatoms. The molecule has 2 rings (SSSR count). The van der Waals surface area contributed by atoms with E-state index in [0.717, 1.165) is 17.7 Å². The molecule has 2 aromatic rings. The Balaban J connectivity index is 2.23. The molecule has 0 unspecified atom stereocenters. The molecule has 0 bridgehead atoms. The highest BCUT2D eigenvalue weighted by Gasteiger charge is 2.19. The summed E-state index contributed by atoms with van der Waals surface area (Å²) in [7, 11) is 3.27. The van der Waals surface area contributed by atoms with E-state index in [1.807, 2.05) is 38.1 Å². The van der Waals surface area contributed by atoms with Crippen molar-refractivity contribution < 1.29 is 19.0 Å². The molecule has 0 saturated heterocycles. The minimum atomic E-state index is -0.163. The van der Waals surface area contributed by atoms with E-state index in [4.69, 9.17) is 25.8 Å². The lowest BCUT2D eigenvalue weighted by Crippen LogP contribution is -2.26. The normalized spacial score (nSPS) is 10.4. The summed E-state index contributed by atoms with van der Waals surface area (Å²) in [5.74, 6) is 1.52. The highest BCUT2D eigenvalue weighted by Crippen LogP contribution is 2.37. The third-order valence-corrected chi connectivity index (χ3v) is 4.23. The molecule has 1 amide bonds. The molecule has 0 aliphatic heterocycles. The van der Waals surface area contributed by atoms with Crippen LogP contribution in [0.15, 0.2) is 36.4 Å². The van der Waals surface area contributed by atoms with E-state index in [1.165, 1.54) is 7.11 Å². The van der Waals surface area contributed by atoms with Crippen molar-refractivity contribution in [1.82, 2.24) is 4.90 Å². The van der Waals surface area contributed by atoms with Crippen molar-refractivity contribution in [2.75, 3.05) is 27.4 Å². The van der Waals surface area contributed by atoms with Gasteiger partial charge in [-0.1, -0.05) is 36.7 Å². The average molecular weight is 392 g/mol. The lowest BCUT2D eigenvalue weighted by Gasteiger charge is -2.20. The van der Waals surface area contributed by atoms with Crippen LogP contribution < -0.4 is 14.2 Å². The van der Waals surface area contributed by atoms with Crippen LogP contribution in [0.4, 0.5) is 0 Å². The second-order valence-electron chi connectivity index (χ2n) is 6.04. The van der Waals surface area contributed by atoms with Crippen LogP contribution in [0.2, 0.25) is 5.02 Å². The van der Waals surface area contributed by atoms with Crippen LogP contribution in [-0.2, 0) is 6.54 Å². The van der Waals surface area contributed by atoms with Gasteiger partial charge in [-0.3, -0.25) is 4.79 Å². The van der Waals surface area contributed by atoms with Crippen LogP contribution in [0.1, 0.15) is 36.2 Å². The summed E-state index contributed by atoms with van der Waals surface area (Å²) in [6.07, 6.45) is 0.849. The molecule has 27 heavy (non-hydrogen) atoms. The first kappa shape index (κ1) is 20.9. The van der Waals surface area contributed by atoms with Crippen LogP contribution in [0.5, 0.6) is 17.2 Å². The maximum atomic E-state index is 12.9. The number of benzene rings is 2. The van der Waals surface area contributed by atoms with Crippen LogP contribution in [0.25, 0.3) is 0 Å². The van der Waals surface area contributed by atoms with Crippen LogP contribution >= 0.6 is 11.6 Å². The van der Waals surface area contributed by atoms with E-state index in [2.05, 4.69) is 0 Å². The third kappa shape index (κ3) is 5.30. The number of carbonyl (C=O) groups excluding carboxylic acids is 1. The molecule has 146 valence electrons. The minimum absolute atomic E-state index is 0.163. The number of hydrogen-bond donors (Lipinski definition) is 0. The number of rotatable bonds is 9. The van der Waals surface area contributed by atoms with Crippen LogP contribution in [0.3, 0.4) is 0 Å². The summed E-state index contributed by atoms with van der Waals surface area (Å²) in [5, 5.41) is 0.356. The van der Waals surface area contributed by atoms with E-state index in [1.54, 1.807) is 24.1 Å². The van der Waals surface area contributed by atoms with Crippen molar-refractivity contribution in [2.24, 2.45) is 0 Å². The second-order valence-corrected chi connectivity index (χ2v) is 6.45. The van der Waals surface area contributed by atoms with Crippen LogP contribution in [-0.4, -0.2) is 38.2 Å². The van der Waals surface area contributed by atoms with E-state index < -0.39 is 0 Å². The average Bonchev–Trinajstić information content (AvgIpc) is 2.67. The van der Waals surface area contributed by atoms with Gasteiger partial charge in [-0.15, -0.1) is 0 Å². The highest BCUT2D eigenvalue weighted by atomic mass is 35.5. The smallest absolute Gasteiger partial charge is 0.254 e. The molecular formula is C21H26ClNO4. The Morgan fingerprint density at radius 3 is 2.52 bits per heavy atom. The maximum Gasteiger partial charge on any atom is 0.254 e. The number of carbonyl (C=O) groups is 1. The summed E-state index contributed by atoms with van der Waals surface area (Å²) in [4.78, 5) is 14.5. The molecule has 0 fully saturated rings. The van der Waals surface area contributed by atoms with Crippen LogP contribution in [0, 0.1) is 0 Å². The lowest BCUT2D eigenvalue weighted by molar-refractivity contribution is 0.0783. The van der Waals surface area contributed by atoms with Gasteiger partial charge in [0.05, 0.1) is 25.3 Å². The Morgan fingerprint density at radius 2 is 1.85 bits per heavy atom. The number of para-hydroxylation sites is 1. The van der Waals surface area contributed by atoms with Gasteiger partial charge in [-0.25, -0.2) is 0 Å². The first-order valence-electron chi connectivity index (χ1n) is 8.98. The Kier molecular flexibility index (Phi) is 7.80. The third-order valence-electron chi connectivity index (χ3n) is 3.95. The molecule has 0 heterocycles. The van der Waals surface area contributed by atoms with Gasteiger partial charge < -0.3 is 19.1 Å². The number of ether oxygens (including phenoxy) is 3. The molecule has 2 aromatic carbocycles. The van der Waals surface area contributed by atoms with Gasteiger partial charge in [0, 0.05) is 24.7 Å². The minimum Gasteiger partial charge on any atom is -0.494 e. The van der Waals surface area contributed by atoms with Crippen molar-refractivity contribution in [3.8, 4) is 17.2 Å². The summed E-state index contributed by atoms with van der Waals surface area (Å²) < 4.78 is 16.6. The Labute approximate surface area is 165 Å². The molecule has 5 nitrogen and oxygen atoms in total. The topological polar surface area (TPSA) is 48.0 Å². The first-order valence-corrected chi connectivity index (χ1v) is 9.36. The maximum absolute atomic E-state index is 12.9. The fourth-order valence-electron chi connectivity index (χ4n) is 2.67. The van der Waals surface area contributed by atoms with Gasteiger partial charge in [-0.2, -0.15) is 0 Å². The predicted molar refractivity (Wildman–Crippen MR) is 107 cm³/mol. The molecule has 0 saturated carbocycles. The number of hydrogen-bond acceptors (Lipinski definition) is 4. The van der Waals surface area contributed by atoms with E-state index in [9.17, 15) is 4.79 Å². The van der Waals surface area contributed by atoms with Gasteiger partial charge in [0.25, 0.3) is 5.91 Å². The molecule has 0 aliphatic carbocycles. The summed E-state index contributed by atoms with van der Waals surface area (Å²) >= 11 is 6.33. The van der Waals surface area contributed by atoms with Gasteiger partial charge in [0.15, 0.2) is 11.5 Å². The molecule has 0 radical (unpaired) electrons. The zero-order valence-electron chi connectivity index (χ0n) is 16.3. The molecule has 0 atom stereocenters. The number of methoxy groups -OCH3 is 1. The molecule has 0 aliphatic rings. The molecule has 0 aromatic heterocycles. The van der Waals surface area contributed by atoms with Crippen molar-refractivity contribution in [2.45, 2.75) is 26.8 Å². The largest absolute Gasteiger partial charge is 0.494 e. The monoisotopic (exact) mass is 391 g/mol. The fraction of sp³-hybridized carbons (Fsp3) is 0.381. The van der Waals surface area contributed by atoms with E-state index in [-0.39, 0.29) is 5.91 Å². The SMILES string of the molecule is CCCOc1c(Cl)cc(C(=O)N(C)Cc2ccccc2OCC)cc1OC. The van der Waals surface area contributed by atoms with Crippen molar-refractivity contribution >= 4 is 17.5 Å². The Bertz CT molecular complexity index is 779. The number of halogens is 1. The van der Waals surface area contributed by atoms with Gasteiger partial charge >= 0.3 is 0 Å². The summed E-state index contributed by atoms with van der Waals surface area (Å²) in [6, 6.07) is 11.0. The van der Waals surface area contributed by atoms with Crippen molar-refractivity contribution in [3.05, 3.63) is 52.5 Å². The first-order chi connectivity index (χ1) is 13.0. The standard InChI is InChI=1S/C21H26ClNO4/c1-5-11-27-20-17(22)12-16(13-19(20)25-4)21(24)23(3)14-15-9-7-8-10-18(15)26-6-2/h7-10,12-13H,5-6,11,14H2,1-4H3. The van der Waals surface area contributed by atoms with Gasteiger partial charge in [0.1, 0.15) is 5.75 Å². The predicted octanol–water partition coefficient (Wildman–Crippen LogP) is 4.81. The zero-order chi connectivity index (χ0) is 19.8. The molecule has 0 N–H and O–H groups in total. The summed E-state index contributed by atoms with van der Waals surface area (Å²) in [5.41, 5.74) is 1.38. The lowest BCUT2D eigenvalue weighted by atomic mass is 10.1. The molecule has 0 spiro atoms. The van der Waals surface area contributed by atoms with Gasteiger partial charge in [0.2, 0.25) is 0 Å². The number of amides is 1. The van der Waals surface area contributed by atoms with E-state index in [0.29, 0.717) is 41.8 Å². The number of nitrogens with zero attached hydrogens (tertiary/aromatic N) is 1. The van der Waals surface area contributed by atoms with Crippen molar-refractivity contribution in [1.29, 1.82) is 0 Å². The molecular weight excluding hydrogens is 366 g/mol. The fourth-order valence-corrected chi connectivity index (χ4v) is 2.93. The quantitative estimate of drug-likeness (QED) is 0.615. The van der Waals surface area contributed by atoms with Gasteiger partial charge in [-0.05, 0) is 31.5 Å². The summed E-state index contributed by atoms with van der Waals surface area (Å²) in [6.45, 7) is 5.46. The van der Waals surface area contributed by atoms with E-state index >= 15 is 0 Å².